The lowest BCUT2D eigenvalue weighted by molar-refractivity contribution is -0.385. The first kappa shape index (κ1) is 17.2. The lowest BCUT2D eigenvalue weighted by Gasteiger charge is -2.28. The van der Waals surface area contributed by atoms with Crippen LogP contribution in [0.5, 0.6) is 0 Å². The summed E-state index contributed by atoms with van der Waals surface area (Å²) in [7, 11) is 0. The van der Waals surface area contributed by atoms with Crippen molar-refractivity contribution >= 4 is 23.3 Å². The fraction of sp³-hybridized carbons (Fsp3) is 0.111. The van der Waals surface area contributed by atoms with E-state index in [-0.39, 0.29) is 16.8 Å². The van der Waals surface area contributed by atoms with Crippen molar-refractivity contribution < 1.29 is 14.5 Å². The highest BCUT2D eigenvalue weighted by atomic mass is 16.6. The molecule has 26 heavy (non-hydrogen) atoms. The van der Waals surface area contributed by atoms with Crippen molar-refractivity contribution in [1.82, 2.24) is 10.6 Å². The monoisotopic (exact) mass is 352 g/mol. The second-order valence-corrected chi connectivity index (χ2v) is 5.71. The van der Waals surface area contributed by atoms with Gasteiger partial charge in [-0.2, -0.15) is 0 Å². The molecule has 8 heteroatoms. The van der Waals surface area contributed by atoms with Gasteiger partial charge in [0.15, 0.2) is 0 Å². The molecule has 1 aliphatic heterocycles. The molecule has 132 valence electrons. The van der Waals surface area contributed by atoms with Crippen LogP contribution in [0.4, 0.5) is 16.2 Å². The number of nitro benzene ring substituents is 1. The van der Waals surface area contributed by atoms with Gasteiger partial charge in [-0.25, -0.2) is 4.79 Å². The zero-order valence-electron chi connectivity index (χ0n) is 13.9. The van der Waals surface area contributed by atoms with E-state index in [2.05, 4.69) is 16.0 Å². The number of hydrogen-bond acceptors (Lipinski definition) is 4. The SMILES string of the molecule is CC1=C(C(=O)Nc2ccccc2)[C@@H](c2ccccc2[N+](=O)[O-])NC(=O)N1. The smallest absolute Gasteiger partial charge is 0.319 e. The standard InChI is InChI=1S/C18H16N4O4/c1-11-15(17(23)20-12-7-3-2-4-8-12)16(21-18(24)19-11)13-9-5-6-10-14(13)22(25)26/h2-10,16H,1H3,(H,20,23)(H2,19,21,24)/t16-/m1/s1. The van der Waals surface area contributed by atoms with Gasteiger partial charge in [-0.15, -0.1) is 0 Å². The molecule has 0 saturated heterocycles. The molecule has 1 aliphatic rings. The van der Waals surface area contributed by atoms with Gasteiger partial charge in [0.25, 0.3) is 11.6 Å². The van der Waals surface area contributed by atoms with Crippen LogP contribution in [0.25, 0.3) is 0 Å². The zero-order chi connectivity index (χ0) is 18.7. The molecular formula is C18H16N4O4. The third kappa shape index (κ3) is 3.39. The molecule has 3 N–H and O–H groups in total. The number of urea groups is 1. The molecule has 3 amide bonds. The van der Waals surface area contributed by atoms with Crippen LogP contribution < -0.4 is 16.0 Å². The molecule has 0 radical (unpaired) electrons. The maximum absolute atomic E-state index is 12.8. The third-order valence-electron chi connectivity index (χ3n) is 3.99. The van der Waals surface area contributed by atoms with E-state index in [9.17, 15) is 19.7 Å². The zero-order valence-corrected chi connectivity index (χ0v) is 13.9. The predicted molar refractivity (Wildman–Crippen MR) is 95.3 cm³/mol. The van der Waals surface area contributed by atoms with Crippen molar-refractivity contribution in [3.8, 4) is 0 Å². The Balaban J connectivity index is 2.03. The van der Waals surface area contributed by atoms with Gasteiger partial charge in [-0.3, -0.25) is 14.9 Å². The van der Waals surface area contributed by atoms with E-state index < -0.39 is 22.9 Å². The Morgan fingerprint density at radius 3 is 2.46 bits per heavy atom. The van der Waals surface area contributed by atoms with E-state index in [1.807, 2.05) is 6.07 Å². The van der Waals surface area contributed by atoms with Crippen LogP contribution in [0.2, 0.25) is 0 Å². The minimum atomic E-state index is -0.936. The summed E-state index contributed by atoms with van der Waals surface area (Å²) in [6.45, 7) is 1.58. The molecule has 2 aromatic rings. The van der Waals surface area contributed by atoms with Crippen LogP contribution in [-0.4, -0.2) is 16.9 Å². The minimum Gasteiger partial charge on any atom is -0.326 e. The molecule has 0 bridgehead atoms. The third-order valence-corrected chi connectivity index (χ3v) is 3.99. The van der Waals surface area contributed by atoms with Gasteiger partial charge in [0.1, 0.15) is 0 Å². The van der Waals surface area contributed by atoms with Crippen LogP contribution in [0, 0.1) is 10.1 Å². The van der Waals surface area contributed by atoms with Crippen molar-refractivity contribution in [2.45, 2.75) is 13.0 Å². The first-order valence-electron chi connectivity index (χ1n) is 7.85. The number of carbonyl (C=O) groups excluding carboxylic acids is 2. The largest absolute Gasteiger partial charge is 0.326 e. The maximum atomic E-state index is 12.8. The van der Waals surface area contributed by atoms with Gasteiger partial charge in [0, 0.05) is 17.5 Å². The Labute approximate surface area is 149 Å². The number of nitrogens with one attached hydrogen (secondary N) is 3. The topological polar surface area (TPSA) is 113 Å². The summed E-state index contributed by atoms with van der Waals surface area (Å²) >= 11 is 0. The average Bonchev–Trinajstić information content (AvgIpc) is 2.61. The lowest BCUT2D eigenvalue weighted by Crippen LogP contribution is -2.46. The Morgan fingerprint density at radius 2 is 1.77 bits per heavy atom. The molecule has 0 saturated carbocycles. The maximum Gasteiger partial charge on any atom is 0.319 e. The van der Waals surface area contributed by atoms with Gasteiger partial charge in [0.05, 0.1) is 22.1 Å². The van der Waals surface area contributed by atoms with E-state index in [1.54, 1.807) is 37.3 Å². The number of rotatable bonds is 4. The average molecular weight is 352 g/mol. The quantitative estimate of drug-likeness (QED) is 0.580. The molecule has 0 aromatic heterocycles. The summed E-state index contributed by atoms with van der Waals surface area (Å²) < 4.78 is 0. The summed E-state index contributed by atoms with van der Waals surface area (Å²) in [4.78, 5) is 35.5. The van der Waals surface area contributed by atoms with Crippen molar-refractivity contribution in [3.63, 3.8) is 0 Å². The van der Waals surface area contributed by atoms with Gasteiger partial charge < -0.3 is 16.0 Å². The summed E-state index contributed by atoms with van der Waals surface area (Å²) in [5.74, 6) is -0.454. The Kier molecular flexibility index (Phi) is 4.66. The van der Waals surface area contributed by atoms with Crippen molar-refractivity contribution in [3.05, 3.63) is 81.5 Å². The van der Waals surface area contributed by atoms with Crippen LogP contribution in [0.3, 0.4) is 0 Å². The number of para-hydroxylation sites is 2. The molecule has 1 heterocycles. The second kappa shape index (κ2) is 7.06. The minimum absolute atomic E-state index is 0.169. The van der Waals surface area contributed by atoms with Crippen LogP contribution in [0.1, 0.15) is 18.5 Å². The number of nitro groups is 1. The van der Waals surface area contributed by atoms with Gasteiger partial charge >= 0.3 is 6.03 Å². The number of amides is 3. The number of hydrogen-bond donors (Lipinski definition) is 3. The number of nitrogens with zero attached hydrogens (tertiary/aromatic N) is 1. The van der Waals surface area contributed by atoms with Crippen LogP contribution >= 0.6 is 0 Å². The number of allylic oxidation sites excluding steroid dienone is 1. The normalized spacial score (nSPS) is 16.5. The number of anilines is 1. The van der Waals surface area contributed by atoms with Gasteiger partial charge in [0.2, 0.25) is 0 Å². The summed E-state index contributed by atoms with van der Waals surface area (Å²) in [5.41, 5.74) is 1.20. The van der Waals surface area contributed by atoms with E-state index in [0.717, 1.165) is 0 Å². The highest BCUT2D eigenvalue weighted by Gasteiger charge is 2.34. The number of benzene rings is 2. The van der Waals surface area contributed by atoms with E-state index in [0.29, 0.717) is 11.4 Å². The molecule has 1 atom stereocenters. The van der Waals surface area contributed by atoms with Crippen LogP contribution in [0.15, 0.2) is 65.9 Å². The van der Waals surface area contributed by atoms with E-state index >= 15 is 0 Å². The molecule has 3 rings (SSSR count). The fourth-order valence-corrected chi connectivity index (χ4v) is 2.85. The Bertz CT molecular complexity index is 908. The highest BCUT2D eigenvalue weighted by molar-refractivity contribution is 6.06. The van der Waals surface area contributed by atoms with Crippen molar-refractivity contribution in [2.75, 3.05) is 5.32 Å². The second-order valence-electron chi connectivity index (χ2n) is 5.71. The molecule has 0 fully saturated rings. The molecule has 0 unspecified atom stereocenters. The molecule has 0 aliphatic carbocycles. The fourth-order valence-electron chi connectivity index (χ4n) is 2.85. The first-order chi connectivity index (χ1) is 12.5. The van der Waals surface area contributed by atoms with E-state index in [1.165, 1.54) is 18.2 Å². The van der Waals surface area contributed by atoms with Crippen molar-refractivity contribution in [2.24, 2.45) is 0 Å². The summed E-state index contributed by atoms with van der Waals surface area (Å²) in [6.07, 6.45) is 0. The molecule has 8 nitrogen and oxygen atoms in total. The first-order valence-corrected chi connectivity index (χ1v) is 7.85. The Hall–Kier alpha value is -3.68. The van der Waals surface area contributed by atoms with Gasteiger partial charge in [-0.1, -0.05) is 30.3 Å². The molecular weight excluding hydrogens is 336 g/mol. The highest BCUT2D eigenvalue weighted by Crippen LogP contribution is 2.33. The van der Waals surface area contributed by atoms with Crippen LogP contribution in [-0.2, 0) is 4.79 Å². The van der Waals surface area contributed by atoms with Crippen molar-refractivity contribution in [1.29, 1.82) is 0 Å². The molecule has 0 spiro atoms. The predicted octanol–water partition coefficient (Wildman–Crippen LogP) is 2.86. The van der Waals surface area contributed by atoms with E-state index in [4.69, 9.17) is 0 Å². The summed E-state index contributed by atoms with van der Waals surface area (Å²) in [5, 5.41) is 19.2. The number of carbonyl (C=O) groups is 2. The lowest BCUT2D eigenvalue weighted by atomic mass is 9.93. The Morgan fingerprint density at radius 1 is 1.12 bits per heavy atom. The molecule has 2 aromatic carbocycles. The summed E-state index contributed by atoms with van der Waals surface area (Å²) in [6, 6.07) is 13.4. The van der Waals surface area contributed by atoms with Gasteiger partial charge in [-0.05, 0) is 25.1 Å².